The van der Waals surface area contributed by atoms with Crippen molar-refractivity contribution >= 4 is 21.7 Å². The predicted molar refractivity (Wildman–Crippen MR) is 57.0 cm³/mol. The normalized spacial score (nSPS) is 10.2. The number of Topliss-reactive ketones (excluding diaryl/α,β-unsaturated/α-hetero) is 1. The van der Waals surface area contributed by atoms with Crippen molar-refractivity contribution in [3.8, 4) is 0 Å². The summed E-state index contributed by atoms with van der Waals surface area (Å²) in [6, 6.07) is 3.81. The van der Waals surface area contributed by atoms with E-state index in [0.717, 1.165) is 21.2 Å². The Morgan fingerprint density at radius 2 is 2.00 bits per heavy atom. The van der Waals surface area contributed by atoms with Gasteiger partial charge in [0.2, 0.25) is 0 Å². The van der Waals surface area contributed by atoms with E-state index in [0.29, 0.717) is 0 Å². The summed E-state index contributed by atoms with van der Waals surface area (Å²) >= 11 is 3.41. The van der Waals surface area contributed by atoms with Gasteiger partial charge in [0.25, 0.3) is 0 Å². The van der Waals surface area contributed by atoms with Crippen LogP contribution >= 0.6 is 15.9 Å². The van der Waals surface area contributed by atoms with Crippen molar-refractivity contribution < 1.29 is 4.79 Å². The van der Waals surface area contributed by atoms with E-state index in [4.69, 9.17) is 5.73 Å². The number of rotatable bonds is 2. The number of ketones is 1. The lowest BCUT2D eigenvalue weighted by molar-refractivity contribution is 0.100. The fourth-order valence-electron chi connectivity index (χ4n) is 1.19. The summed E-state index contributed by atoms with van der Waals surface area (Å²) in [5, 5.41) is 0. The number of aryl methyl sites for hydroxylation is 2. The van der Waals surface area contributed by atoms with Crippen molar-refractivity contribution in [3.05, 3.63) is 33.3 Å². The molecule has 2 nitrogen and oxygen atoms in total. The maximum atomic E-state index is 11.4. The molecule has 2 N–H and O–H groups in total. The van der Waals surface area contributed by atoms with E-state index >= 15 is 0 Å². The zero-order valence-corrected chi connectivity index (χ0v) is 9.31. The molecule has 0 aromatic heterocycles. The lowest BCUT2D eigenvalue weighted by atomic mass is 10.0. The summed E-state index contributed by atoms with van der Waals surface area (Å²) in [5.74, 6) is -0.00639. The third-order valence-corrected chi connectivity index (χ3v) is 2.85. The summed E-state index contributed by atoms with van der Waals surface area (Å²) in [6.07, 6.45) is 0. The molecule has 0 atom stereocenters. The summed E-state index contributed by atoms with van der Waals surface area (Å²) < 4.78 is 1.03. The van der Waals surface area contributed by atoms with Gasteiger partial charge in [-0.2, -0.15) is 0 Å². The number of carbonyl (C=O) groups excluding carboxylic acids is 1. The van der Waals surface area contributed by atoms with Crippen molar-refractivity contribution in [2.45, 2.75) is 13.8 Å². The monoisotopic (exact) mass is 241 g/mol. The highest BCUT2D eigenvalue weighted by atomic mass is 79.9. The molecule has 0 saturated heterocycles. The van der Waals surface area contributed by atoms with Crippen molar-refractivity contribution in [1.82, 2.24) is 0 Å². The average Bonchev–Trinajstić information content (AvgIpc) is 2.10. The Balaban J connectivity index is 3.23. The largest absolute Gasteiger partial charge is 0.324 e. The van der Waals surface area contributed by atoms with Gasteiger partial charge in [-0.3, -0.25) is 4.79 Å². The molecule has 0 aliphatic carbocycles. The minimum atomic E-state index is -0.00639. The van der Waals surface area contributed by atoms with E-state index in [2.05, 4.69) is 15.9 Å². The highest BCUT2D eigenvalue weighted by Gasteiger charge is 2.08. The lowest BCUT2D eigenvalue weighted by Crippen LogP contribution is -2.15. The van der Waals surface area contributed by atoms with E-state index in [9.17, 15) is 4.79 Å². The van der Waals surface area contributed by atoms with E-state index in [1.165, 1.54) is 0 Å². The van der Waals surface area contributed by atoms with Crippen molar-refractivity contribution in [2.24, 2.45) is 5.73 Å². The lowest BCUT2D eigenvalue weighted by Gasteiger charge is -2.06. The second-order valence-electron chi connectivity index (χ2n) is 3.04. The average molecular weight is 242 g/mol. The van der Waals surface area contributed by atoms with Gasteiger partial charge in [0.05, 0.1) is 6.54 Å². The third-order valence-electron chi connectivity index (χ3n) is 1.99. The van der Waals surface area contributed by atoms with Crippen LogP contribution < -0.4 is 5.73 Å². The summed E-state index contributed by atoms with van der Waals surface area (Å²) in [7, 11) is 0. The number of nitrogens with two attached hydrogens (primary N) is 1. The summed E-state index contributed by atoms with van der Waals surface area (Å²) in [6.45, 7) is 3.94. The maximum absolute atomic E-state index is 11.4. The van der Waals surface area contributed by atoms with Gasteiger partial charge >= 0.3 is 0 Å². The first-order chi connectivity index (χ1) is 6.06. The Kier molecular flexibility index (Phi) is 3.22. The Hall–Kier alpha value is -0.670. The van der Waals surface area contributed by atoms with Crippen LogP contribution in [0.2, 0.25) is 0 Å². The first-order valence-electron chi connectivity index (χ1n) is 4.06. The number of halogens is 1. The molecule has 0 amide bonds. The molecule has 1 aromatic carbocycles. The molecule has 13 heavy (non-hydrogen) atoms. The molecular weight excluding hydrogens is 230 g/mol. The van der Waals surface area contributed by atoms with Gasteiger partial charge in [-0.15, -0.1) is 0 Å². The molecule has 0 radical (unpaired) electrons. The van der Waals surface area contributed by atoms with Crippen LogP contribution in [-0.4, -0.2) is 12.3 Å². The van der Waals surface area contributed by atoms with Gasteiger partial charge in [-0.1, -0.05) is 15.9 Å². The maximum Gasteiger partial charge on any atom is 0.176 e. The van der Waals surface area contributed by atoms with Crippen LogP contribution in [0.3, 0.4) is 0 Å². The van der Waals surface area contributed by atoms with E-state index in [-0.39, 0.29) is 12.3 Å². The highest BCUT2D eigenvalue weighted by Crippen LogP contribution is 2.21. The van der Waals surface area contributed by atoms with Crippen LogP contribution in [0, 0.1) is 13.8 Å². The summed E-state index contributed by atoms with van der Waals surface area (Å²) in [5.41, 5.74) is 8.05. The van der Waals surface area contributed by atoms with Gasteiger partial charge in [-0.05, 0) is 37.1 Å². The Morgan fingerprint density at radius 1 is 1.38 bits per heavy atom. The Bertz CT molecular complexity index is 347. The SMILES string of the molecule is Cc1cc(C(=O)CN)c(C)cc1Br. The molecule has 0 heterocycles. The number of benzene rings is 1. The van der Waals surface area contributed by atoms with Crippen LogP contribution in [0.1, 0.15) is 21.5 Å². The van der Waals surface area contributed by atoms with Crippen LogP contribution in [0.25, 0.3) is 0 Å². The van der Waals surface area contributed by atoms with Crippen molar-refractivity contribution in [2.75, 3.05) is 6.54 Å². The Labute approximate surface area is 86.3 Å². The minimum absolute atomic E-state index is 0.00639. The molecule has 1 rings (SSSR count). The van der Waals surface area contributed by atoms with E-state index in [1.807, 2.05) is 26.0 Å². The van der Waals surface area contributed by atoms with Gasteiger partial charge in [0.1, 0.15) is 0 Å². The molecule has 0 aliphatic heterocycles. The molecule has 0 saturated carbocycles. The fraction of sp³-hybridized carbons (Fsp3) is 0.300. The second-order valence-corrected chi connectivity index (χ2v) is 3.90. The smallest absolute Gasteiger partial charge is 0.176 e. The topological polar surface area (TPSA) is 43.1 Å². The van der Waals surface area contributed by atoms with Gasteiger partial charge in [0.15, 0.2) is 5.78 Å². The first-order valence-corrected chi connectivity index (χ1v) is 4.85. The van der Waals surface area contributed by atoms with Gasteiger partial charge in [-0.25, -0.2) is 0 Å². The van der Waals surface area contributed by atoms with Gasteiger partial charge in [0, 0.05) is 10.0 Å². The molecule has 70 valence electrons. The van der Waals surface area contributed by atoms with E-state index < -0.39 is 0 Å². The molecule has 1 aromatic rings. The molecule has 0 aliphatic rings. The van der Waals surface area contributed by atoms with Crippen LogP contribution in [0.4, 0.5) is 0 Å². The molecule has 0 spiro atoms. The number of hydrogen-bond acceptors (Lipinski definition) is 2. The summed E-state index contributed by atoms with van der Waals surface area (Å²) in [4.78, 5) is 11.4. The number of hydrogen-bond donors (Lipinski definition) is 1. The second kappa shape index (κ2) is 4.03. The number of carbonyl (C=O) groups is 1. The van der Waals surface area contributed by atoms with Crippen LogP contribution in [0.15, 0.2) is 16.6 Å². The minimum Gasteiger partial charge on any atom is -0.324 e. The molecule has 0 unspecified atom stereocenters. The molecule has 0 bridgehead atoms. The standard InChI is InChI=1S/C10H12BrNO/c1-6-4-9(11)7(2)3-8(6)10(13)5-12/h3-4H,5,12H2,1-2H3. The van der Waals surface area contributed by atoms with Crippen LogP contribution in [-0.2, 0) is 0 Å². The van der Waals surface area contributed by atoms with Crippen molar-refractivity contribution in [3.63, 3.8) is 0 Å². The predicted octanol–water partition coefficient (Wildman–Crippen LogP) is 2.21. The zero-order valence-electron chi connectivity index (χ0n) is 7.73. The quantitative estimate of drug-likeness (QED) is 0.808. The first kappa shape index (κ1) is 10.4. The Morgan fingerprint density at radius 3 is 2.54 bits per heavy atom. The van der Waals surface area contributed by atoms with E-state index in [1.54, 1.807) is 0 Å². The van der Waals surface area contributed by atoms with Crippen molar-refractivity contribution in [1.29, 1.82) is 0 Å². The fourth-order valence-corrected chi connectivity index (χ4v) is 1.65. The van der Waals surface area contributed by atoms with Crippen LogP contribution in [0.5, 0.6) is 0 Å². The molecular formula is C10H12BrNO. The third kappa shape index (κ3) is 2.17. The van der Waals surface area contributed by atoms with Gasteiger partial charge < -0.3 is 5.73 Å². The highest BCUT2D eigenvalue weighted by molar-refractivity contribution is 9.10. The molecule has 0 fully saturated rings. The zero-order chi connectivity index (χ0) is 10.0. The molecule has 3 heteroatoms.